The predicted octanol–water partition coefficient (Wildman–Crippen LogP) is 4.45. The number of ether oxygens (including phenoxy) is 1. The van der Waals surface area contributed by atoms with E-state index in [9.17, 15) is 4.79 Å². The van der Waals surface area contributed by atoms with Crippen LogP contribution in [0, 0.1) is 0 Å². The summed E-state index contributed by atoms with van der Waals surface area (Å²) in [6, 6.07) is 8.26. The van der Waals surface area contributed by atoms with Gasteiger partial charge in [0, 0.05) is 0 Å². The van der Waals surface area contributed by atoms with E-state index >= 15 is 0 Å². The van der Waals surface area contributed by atoms with Crippen molar-refractivity contribution in [3.05, 3.63) is 35.4 Å². The Labute approximate surface area is 127 Å². The molecular formula is C17H26N2O2. The summed E-state index contributed by atoms with van der Waals surface area (Å²) in [5, 5.41) is 4.16. The van der Waals surface area contributed by atoms with Crippen molar-refractivity contribution in [3.8, 4) is 0 Å². The van der Waals surface area contributed by atoms with Gasteiger partial charge in [-0.2, -0.15) is 5.10 Å². The first kappa shape index (κ1) is 17.2. The number of carbonyl (C=O) groups is 1. The van der Waals surface area contributed by atoms with Crippen LogP contribution in [0.1, 0.15) is 65.0 Å². The summed E-state index contributed by atoms with van der Waals surface area (Å²) in [4.78, 5) is 11.6. The molecule has 4 heteroatoms. The molecule has 0 aliphatic rings. The van der Waals surface area contributed by atoms with Crippen LogP contribution < -0.4 is 5.43 Å². The van der Waals surface area contributed by atoms with E-state index in [1.807, 2.05) is 39.8 Å². The molecule has 0 unspecified atom stereocenters. The van der Waals surface area contributed by atoms with E-state index in [1.54, 1.807) is 0 Å². The van der Waals surface area contributed by atoms with Gasteiger partial charge in [0.25, 0.3) is 0 Å². The highest BCUT2D eigenvalue weighted by molar-refractivity contribution is 6.00. The number of carbonyl (C=O) groups excluding carboxylic acids is 1. The number of benzene rings is 1. The Morgan fingerprint density at radius 2 is 1.81 bits per heavy atom. The van der Waals surface area contributed by atoms with Crippen molar-refractivity contribution in [1.82, 2.24) is 5.43 Å². The molecule has 0 radical (unpaired) electrons. The van der Waals surface area contributed by atoms with E-state index in [0.29, 0.717) is 5.92 Å². The third-order valence-corrected chi connectivity index (χ3v) is 2.93. The maximum absolute atomic E-state index is 11.6. The molecule has 1 rings (SSSR count). The first-order valence-electron chi connectivity index (χ1n) is 7.38. The van der Waals surface area contributed by atoms with E-state index in [1.165, 1.54) is 5.56 Å². The van der Waals surface area contributed by atoms with Crippen molar-refractivity contribution in [2.45, 2.75) is 59.5 Å². The molecule has 1 amide bonds. The molecule has 0 saturated heterocycles. The Balaban J connectivity index is 2.78. The van der Waals surface area contributed by atoms with Gasteiger partial charge in [-0.3, -0.25) is 0 Å². The number of nitrogens with zero attached hydrogens (tertiary/aromatic N) is 1. The van der Waals surface area contributed by atoms with Crippen LogP contribution in [0.15, 0.2) is 29.4 Å². The number of hydrogen-bond donors (Lipinski definition) is 1. The molecule has 116 valence electrons. The lowest BCUT2D eigenvalue weighted by atomic mass is 10.00. The summed E-state index contributed by atoms with van der Waals surface area (Å²) in [6.07, 6.45) is 0.198. The summed E-state index contributed by atoms with van der Waals surface area (Å²) in [5.41, 5.74) is 5.06. The lowest BCUT2D eigenvalue weighted by Gasteiger charge is -2.18. The second-order valence-electron chi connectivity index (χ2n) is 6.30. The van der Waals surface area contributed by atoms with E-state index < -0.39 is 11.7 Å². The summed E-state index contributed by atoms with van der Waals surface area (Å²) in [7, 11) is 0. The Morgan fingerprint density at radius 1 is 1.24 bits per heavy atom. The fourth-order valence-electron chi connectivity index (χ4n) is 1.82. The van der Waals surface area contributed by atoms with Gasteiger partial charge in [0.2, 0.25) is 0 Å². The molecule has 0 aliphatic heterocycles. The Kier molecular flexibility index (Phi) is 5.94. The first-order chi connectivity index (χ1) is 9.73. The maximum atomic E-state index is 11.6. The molecule has 0 saturated carbocycles. The number of hydrogen-bond acceptors (Lipinski definition) is 3. The number of hydrazone groups is 1. The van der Waals surface area contributed by atoms with Crippen LogP contribution in [0.3, 0.4) is 0 Å². The van der Waals surface area contributed by atoms with Crippen molar-refractivity contribution < 1.29 is 9.53 Å². The second-order valence-corrected chi connectivity index (χ2v) is 6.30. The minimum Gasteiger partial charge on any atom is -0.443 e. The highest BCUT2D eigenvalue weighted by atomic mass is 16.6. The molecule has 21 heavy (non-hydrogen) atoms. The van der Waals surface area contributed by atoms with Gasteiger partial charge in [-0.15, -0.1) is 0 Å². The van der Waals surface area contributed by atoms with Crippen LogP contribution >= 0.6 is 0 Å². The summed E-state index contributed by atoms with van der Waals surface area (Å²) < 4.78 is 5.16. The quantitative estimate of drug-likeness (QED) is 0.658. The zero-order valence-electron chi connectivity index (χ0n) is 13.9. The SMILES string of the molecule is CC/C(=N\NC(=O)OC(C)(C)C)c1ccc(C(C)C)cc1. The van der Waals surface area contributed by atoms with Crippen molar-refractivity contribution in [1.29, 1.82) is 0 Å². The number of amides is 1. The van der Waals surface area contributed by atoms with Crippen LogP contribution in [-0.2, 0) is 4.74 Å². The molecule has 0 aromatic heterocycles. The Bertz CT molecular complexity index is 497. The van der Waals surface area contributed by atoms with Gasteiger partial charge in [-0.1, -0.05) is 45.0 Å². The molecule has 0 aliphatic carbocycles. The largest absolute Gasteiger partial charge is 0.443 e. The van der Waals surface area contributed by atoms with E-state index in [4.69, 9.17) is 4.74 Å². The average molecular weight is 290 g/mol. The van der Waals surface area contributed by atoms with Crippen LogP contribution in [0.2, 0.25) is 0 Å². The number of rotatable bonds is 4. The summed E-state index contributed by atoms with van der Waals surface area (Å²) in [5.74, 6) is 0.501. The minimum atomic E-state index is -0.535. The van der Waals surface area contributed by atoms with E-state index in [2.05, 4.69) is 36.5 Å². The molecule has 0 spiro atoms. The maximum Gasteiger partial charge on any atom is 0.428 e. The van der Waals surface area contributed by atoms with Gasteiger partial charge in [-0.25, -0.2) is 10.2 Å². The normalized spacial score (nSPS) is 12.4. The van der Waals surface area contributed by atoms with Crippen LogP contribution in [0.4, 0.5) is 4.79 Å². The zero-order chi connectivity index (χ0) is 16.0. The average Bonchev–Trinajstić information content (AvgIpc) is 2.38. The van der Waals surface area contributed by atoms with Crippen LogP contribution in [-0.4, -0.2) is 17.4 Å². The van der Waals surface area contributed by atoms with Gasteiger partial charge < -0.3 is 4.74 Å². The van der Waals surface area contributed by atoms with Crippen molar-refractivity contribution in [3.63, 3.8) is 0 Å². The molecule has 1 N–H and O–H groups in total. The van der Waals surface area contributed by atoms with Gasteiger partial charge >= 0.3 is 6.09 Å². The van der Waals surface area contributed by atoms with Crippen LogP contribution in [0.25, 0.3) is 0 Å². The predicted molar refractivity (Wildman–Crippen MR) is 86.7 cm³/mol. The Hall–Kier alpha value is -1.84. The van der Waals surface area contributed by atoms with Crippen molar-refractivity contribution >= 4 is 11.8 Å². The zero-order valence-corrected chi connectivity index (χ0v) is 13.9. The highest BCUT2D eigenvalue weighted by Gasteiger charge is 2.15. The van der Waals surface area contributed by atoms with Crippen LogP contribution in [0.5, 0.6) is 0 Å². The Morgan fingerprint density at radius 3 is 2.24 bits per heavy atom. The monoisotopic (exact) mass is 290 g/mol. The molecule has 4 nitrogen and oxygen atoms in total. The first-order valence-corrected chi connectivity index (χ1v) is 7.38. The molecule has 0 heterocycles. The van der Waals surface area contributed by atoms with E-state index in [0.717, 1.165) is 17.7 Å². The fraction of sp³-hybridized carbons (Fsp3) is 0.529. The van der Waals surface area contributed by atoms with Crippen molar-refractivity contribution in [2.75, 3.05) is 0 Å². The topological polar surface area (TPSA) is 50.7 Å². The lowest BCUT2D eigenvalue weighted by molar-refractivity contribution is 0.0529. The molecular weight excluding hydrogens is 264 g/mol. The van der Waals surface area contributed by atoms with E-state index in [-0.39, 0.29) is 0 Å². The van der Waals surface area contributed by atoms with Gasteiger partial charge in [0.1, 0.15) is 5.60 Å². The van der Waals surface area contributed by atoms with Crippen molar-refractivity contribution in [2.24, 2.45) is 5.10 Å². The molecule has 0 atom stereocenters. The molecule has 0 fully saturated rings. The molecule has 1 aromatic rings. The fourth-order valence-corrected chi connectivity index (χ4v) is 1.82. The minimum absolute atomic E-state index is 0.501. The molecule has 0 bridgehead atoms. The second kappa shape index (κ2) is 7.25. The van der Waals surface area contributed by atoms with Gasteiger partial charge in [0.15, 0.2) is 0 Å². The standard InChI is InChI=1S/C17H26N2O2/c1-7-15(18-19-16(20)21-17(4,5)6)14-10-8-13(9-11-14)12(2)3/h8-12H,7H2,1-6H3,(H,19,20)/b18-15+. The summed E-state index contributed by atoms with van der Waals surface area (Å²) >= 11 is 0. The third-order valence-electron chi connectivity index (χ3n) is 2.93. The van der Waals surface area contributed by atoms with Gasteiger partial charge in [-0.05, 0) is 44.2 Å². The third kappa shape index (κ3) is 5.98. The smallest absolute Gasteiger partial charge is 0.428 e. The lowest BCUT2D eigenvalue weighted by Crippen LogP contribution is -2.30. The molecule has 1 aromatic carbocycles. The van der Waals surface area contributed by atoms with Gasteiger partial charge in [0.05, 0.1) is 5.71 Å². The number of nitrogens with one attached hydrogen (secondary N) is 1. The summed E-state index contributed by atoms with van der Waals surface area (Å²) in [6.45, 7) is 11.8. The highest BCUT2D eigenvalue weighted by Crippen LogP contribution is 2.15.